The summed E-state index contributed by atoms with van der Waals surface area (Å²) in [7, 11) is 0. The van der Waals surface area contributed by atoms with Crippen LogP contribution in [0.25, 0.3) is 5.76 Å². The van der Waals surface area contributed by atoms with Gasteiger partial charge in [0.1, 0.15) is 17.3 Å². The molecular formula is C30H20O10. The molecule has 3 aromatic carbocycles. The molecule has 0 radical (unpaired) electrons. The minimum atomic E-state index is -0.866. The highest BCUT2D eigenvalue weighted by molar-refractivity contribution is 6.15. The van der Waals surface area contributed by atoms with Crippen LogP contribution >= 0.6 is 0 Å². The van der Waals surface area contributed by atoms with Gasteiger partial charge >= 0.3 is 29.8 Å². The molecule has 0 aromatic heterocycles. The van der Waals surface area contributed by atoms with E-state index in [2.05, 4.69) is 11.3 Å². The molecule has 0 amide bonds. The topological polar surface area (TPSA) is 139 Å². The molecule has 0 unspecified atom stereocenters. The number of carbonyl (C=O) groups is 6. The van der Waals surface area contributed by atoms with E-state index in [0.717, 1.165) is 6.42 Å². The fourth-order valence-electron chi connectivity index (χ4n) is 4.19. The van der Waals surface area contributed by atoms with E-state index in [0.29, 0.717) is 12.0 Å². The molecule has 200 valence electrons. The van der Waals surface area contributed by atoms with Gasteiger partial charge in [-0.2, -0.15) is 0 Å². The lowest BCUT2D eigenvalue weighted by molar-refractivity contribution is 0.0442. The molecule has 0 aliphatic carbocycles. The van der Waals surface area contributed by atoms with Crippen molar-refractivity contribution in [1.29, 1.82) is 0 Å². The quantitative estimate of drug-likeness (QED) is 0.167. The van der Waals surface area contributed by atoms with Crippen LogP contribution in [0.2, 0.25) is 0 Å². The molecule has 2 aliphatic heterocycles. The fourth-order valence-corrected chi connectivity index (χ4v) is 4.19. The number of hydrogen-bond acceptors (Lipinski definition) is 10. The van der Waals surface area contributed by atoms with Crippen molar-refractivity contribution in [3.05, 3.63) is 100 Å². The molecule has 5 rings (SSSR count). The Balaban J connectivity index is 1.39. The summed E-state index contributed by atoms with van der Waals surface area (Å²) in [5.74, 6) is -4.19. The van der Waals surface area contributed by atoms with Gasteiger partial charge in [-0.25, -0.2) is 24.0 Å². The van der Waals surface area contributed by atoms with Gasteiger partial charge in [0.2, 0.25) is 0 Å². The number of fused-ring (bicyclic) bond motifs is 2. The van der Waals surface area contributed by atoms with E-state index in [1.165, 1.54) is 54.6 Å². The summed E-state index contributed by atoms with van der Waals surface area (Å²) >= 11 is 0. The van der Waals surface area contributed by atoms with Crippen LogP contribution < -0.4 is 9.47 Å². The largest absolute Gasteiger partial charge is 0.423 e. The third-order valence-electron chi connectivity index (χ3n) is 6.29. The average molecular weight is 540 g/mol. The molecule has 0 spiro atoms. The van der Waals surface area contributed by atoms with Gasteiger partial charge in [-0.1, -0.05) is 19.9 Å². The summed E-state index contributed by atoms with van der Waals surface area (Å²) in [6, 6.07) is 12.0. The lowest BCUT2D eigenvalue weighted by Gasteiger charge is -2.12. The molecule has 3 aromatic rings. The van der Waals surface area contributed by atoms with Crippen molar-refractivity contribution in [1.82, 2.24) is 0 Å². The smallest absolute Gasteiger partial charge is 0.346 e. The predicted molar refractivity (Wildman–Crippen MR) is 137 cm³/mol. The number of unbranched alkanes of at least 4 members (excludes halogenated alkanes) is 1. The first-order valence-electron chi connectivity index (χ1n) is 12.2. The minimum absolute atomic E-state index is 0.0115. The average Bonchev–Trinajstić information content (AvgIpc) is 3.40. The maximum Gasteiger partial charge on any atom is 0.346 e. The Labute approximate surface area is 227 Å². The van der Waals surface area contributed by atoms with Crippen LogP contribution in [0.5, 0.6) is 11.5 Å². The van der Waals surface area contributed by atoms with Gasteiger partial charge in [0.25, 0.3) is 0 Å². The minimum Gasteiger partial charge on any atom is -0.423 e. The SMILES string of the molecule is C=C1OC(=O)c2cc(C(=O)Oc3ccc(OC(=O)c4ccc5c(c4)C(=O)OC5=O)cc3C(=O)CCCC)ccc21. The van der Waals surface area contributed by atoms with E-state index in [9.17, 15) is 28.8 Å². The van der Waals surface area contributed by atoms with Crippen LogP contribution in [0.4, 0.5) is 0 Å². The van der Waals surface area contributed by atoms with Gasteiger partial charge in [-0.15, -0.1) is 0 Å². The van der Waals surface area contributed by atoms with Gasteiger partial charge in [0, 0.05) is 12.0 Å². The number of ketones is 1. The summed E-state index contributed by atoms with van der Waals surface area (Å²) < 4.78 is 20.4. The zero-order valence-corrected chi connectivity index (χ0v) is 21.1. The Hall–Kier alpha value is -5.38. The Morgan fingerprint density at radius 3 is 2.02 bits per heavy atom. The molecule has 0 atom stereocenters. The fraction of sp³-hybridized carbons (Fsp3) is 0.133. The van der Waals surface area contributed by atoms with Crippen LogP contribution in [0.1, 0.15) is 93.9 Å². The van der Waals surface area contributed by atoms with Crippen LogP contribution in [0, 0.1) is 0 Å². The first-order chi connectivity index (χ1) is 19.2. The molecule has 0 saturated carbocycles. The van der Waals surface area contributed by atoms with Crippen LogP contribution in [0.15, 0.2) is 61.2 Å². The number of carbonyl (C=O) groups excluding carboxylic acids is 6. The van der Waals surface area contributed by atoms with Crippen molar-refractivity contribution >= 4 is 41.4 Å². The number of rotatable bonds is 8. The van der Waals surface area contributed by atoms with Gasteiger partial charge in [0.05, 0.1) is 33.4 Å². The van der Waals surface area contributed by atoms with Crippen LogP contribution in [0.3, 0.4) is 0 Å². The molecule has 10 heteroatoms. The van der Waals surface area contributed by atoms with Gasteiger partial charge < -0.3 is 18.9 Å². The molecule has 0 bridgehead atoms. The number of ether oxygens (including phenoxy) is 4. The predicted octanol–water partition coefficient (Wildman–Crippen LogP) is 4.95. The van der Waals surface area contributed by atoms with E-state index in [-0.39, 0.29) is 62.8 Å². The van der Waals surface area contributed by atoms with Crippen molar-refractivity contribution in [3.63, 3.8) is 0 Å². The molecular weight excluding hydrogens is 520 g/mol. The summed E-state index contributed by atoms with van der Waals surface area (Å²) in [4.78, 5) is 74.2. The first-order valence-corrected chi connectivity index (χ1v) is 12.2. The standard InChI is InChI=1S/C30H20O10/c1-3-4-5-24(31)23-14-18(38-26(32)16-7-10-20-22(13-16)30(36)40-28(20)34)8-11-25(23)39-27(33)17-6-9-19-15(2)37-29(35)21(19)12-17/h6-14H,2-5H2,1H3. The van der Waals surface area contributed by atoms with Crippen molar-refractivity contribution in [3.8, 4) is 11.5 Å². The van der Waals surface area contributed by atoms with Gasteiger partial charge in [0.15, 0.2) is 5.78 Å². The molecule has 0 saturated heterocycles. The summed E-state index contributed by atoms with van der Waals surface area (Å²) in [5, 5.41) is 0. The normalized spacial score (nSPS) is 13.3. The second kappa shape index (κ2) is 10.4. The van der Waals surface area contributed by atoms with E-state index in [4.69, 9.17) is 14.2 Å². The molecule has 2 aliphatic rings. The Bertz CT molecular complexity index is 1660. The van der Waals surface area contributed by atoms with Crippen molar-refractivity contribution < 1.29 is 47.7 Å². The summed E-state index contributed by atoms with van der Waals surface area (Å²) in [6.45, 7) is 5.56. The summed E-state index contributed by atoms with van der Waals surface area (Å²) in [5.41, 5.74) is 0.686. The Morgan fingerprint density at radius 1 is 0.725 bits per heavy atom. The summed E-state index contributed by atoms with van der Waals surface area (Å²) in [6.07, 6.45) is 1.48. The maximum absolute atomic E-state index is 13.0. The molecule has 10 nitrogen and oxygen atoms in total. The molecule has 2 heterocycles. The highest BCUT2D eigenvalue weighted by atomic mass is 16.6. The lowest BCUT2D eigenvalue weighted by atomic mass is 10.0. The zero-order chi connectivity index (χ0) is 28.6. The zero-order valence-electron chi connectivity index (χ0n) is 21.1. The number of cyclic esters (lactones) is 3. The number of esters is 5. The van der Waals surface area contributed by atoms with Crippen molar-refractivity contribution in [2.75, 3.05) is 0 Å². The second-order valence-corrected chi connectivity index (χ2v) is 8.97. The molecule has 40 heavy (non-hydrogen) atoms. The van der Waals surface area contributed by atoms with Crippen LogP contribution in [-0.4, -0.2) is 35.6 Å². The van der Waals surface area contributed by atoms with E-state index < -0.39 is 29.8 Å². The number of hydrogen-bond donors (Lipinski definition) is 0. The van der Waals surface area contributed by atoms with Crippen molar-refractivity contribution in [2.24, 2.45) is 0 Å². The number of Topliss-reactive ketones (excluding diaryl/α,β-unsaturated/α-hetero) is 1. The Kier molecular flexibility index (Phi) is 6.83. The van der Waals surface area contributed by atoms with Crippen molar-refractivity contribution in [2.45, 2.75) is 26.2 Å². The first kappa shape index (κ1) is 26.2. The molecule has 0 fully saturated rings. The van der Waals surface area contributed by atoms with Crippen LogP contribution in [-0.2, 0) is 9.47 Å². The van der Waals surface area contributed by atoms with Gasteiger partial charge in [-0.3, -0.25) is 4.79 Å². The highest BCUT2D eigenvalue weighted by Crippen LogP contribution is 2.31. The third-order valence-corrected chi connectivity index (χ3v) is 6.29. The number of benzene rings is 3. The third kappa shape index (κ3) is 4.90. The lowest BCUT2D eigenvalue weighted by Crippen LogP contribution is -2.14. The highest BCUT2D eigenvalue weighted by Gasteiger charge is 2.31. The van der Waals surface area contributed by atoms with Gasteiger partial charge in [-0.05, 0) is 61.0 Å². The monoisotopic (exact) mass is 540 g/mol. The van der Waals surface area contributed by atoms with E-state index in [1.54, 1.807) is 0 Å². The second-order valence-electron chi connectivity index (χ2n) is 8.97. The van der Waals surface area contributed by atoms with E-state index >= 15 is 0 Å². The molecule has 0 N–H and O–H groups in total. The maximum atomic E-state index is 13.0. The Morgan fingerprint density at radius 2 is 1.32 bits per heavy atom. The van der Waals surface area contributed by atoms with E-state index in [1.807, 2.05) is 6.92 Å².